The lowest BCUT2D eigenvalue weighted by Gasteiger charge is -2.19. The van der Waals surface area contributed by atoms with Crippen molar-refractivity contribution in [3.05, 3.63) is 64.5 Å². The van der Waals surface area contributed by atoms with E-state index in [0.717, 1.165) is 22.0 Å². The second-order valence-corrected chi connectivity index (χ2v) is 8.16. The number of anilines is 1. The van der Waals surface area contributed by atoms with Crippen molar-refractivity contribution in [3.63, 3.8) is 0 Å². The molecule has 0 radical (unpaired) electrons. The van der Waals surface area contributed by atoms with E-state index in [0.29, 0.717) is 11.5 Å². The standard InChI is InChI=1S/C21H17BrN6O3/c1-2-12-3-9-15(10-4-12)28-20(29)17-18(21(28)30)27(26-24-17)11-16-23-19(25-31-16)13-5-7-14(22)8-6-13/h3-10,17-18H,2,11H2,1H3/t17-,18+/m1/s1. The van der Waals surface area contributed by atoms with Gasteiger partial charge in [-0.15, -0.1) is 0 Å². The molecule has 2 atom stereocenters. The number of aromatic nitrogens is 2. The number of rotatable bonds is 5. The minimum absolute atomic E-state index is 0.0792. The molecule has 1 saturated heterocycles. The fourth-order valence-electron chi connectivity index (χ4n) is 3.66. The molecule has 156 valence electrons. The van der Waals surface area contributed by atoms with Gasteiger partial charge in [0.15, 0.2) is 12.1 Å². The van der Waals surface area contributed by atoms with E-state index in [2.05, 4.69) is 36.4 Å². The van der Waals surface area contributed by atoms with E-state index in [9.17, 15) is 9.59 Å². The summed E-state index contributed by atoms with van der Waals surface area (Å²) in [4.78, 5) is 31.5. The van der Waals surface area contributed by atoms with Crippen molar-refractivity contribution >= 4 is 33.4 Å². The molecule has 5 rings (SSSR count). The molecule has 0 saturated carbocycles. The van der Waals surface area contributed by atoms with Gasteiger partial charge in [-0.05, 0) is 48.4 Å². The van der Waals surface area contributed by atoms with E-state index in [1.54, 1.807) is 12.1 Å². The summed E-state index contributed by atoms with van der Waals surface area (Å²) in [5, 5.41) is 13.5. The first-order chi connectivity index (χ1) is 15.0. The lowest BCUT2D eigenvalue weighted by molar-refractivity contribution is -0.123. The number of nitrogens with zero attached hydrogens (tertiary/aromatic N) is 6. The Bertz CT molecular complexity index is 1170. The largest absolute Gasteiger partial charge is 0.337 e. The van der Waals surface area contributed by atoms with Crippen molar-refractivity contribution < 1.29 is 14.1 Å². The van der Waals surface area contributed by atoms with Gasteiger partial charge >= 0.3 is 0 Å². The quantitative estimate of drug-likeness (QED) is 0.517. The van der Waals surface area contributed by atoms with E-state index in [4.69, 9.17) is 4.52 Å². The molecule has 1 aromatic heterocycles. The molecule has 9 nitrogen and oxygen atoms in total. The van der Waals surface area contributed by atoms with E-state index in [1.165, 1.54) is 9.91 Å². The maximum Gasteiger partial charge on any atom is 0.263 e. The highest BCUT2D eigenvalue weighted by molar-refractivity contribution is 9.10. The average Bonchev–Trinajstić information content (AvgIpc) is 3.47. The molecule has 3 heterocycles. The van der Waals surface area contributed by atoms with Crippen LogP contribution in [0.5, 0.6) is 0 Å². The fraction of sp³-hybridized carbons (Fsp3) is 0.238. The molecule has 2 aliphatic heterocycles. The highest BCUT2D eigenvalue weighted by Gasteiger charge is 2.55. The van der Waals surface area contributed by atoms with Crippen LogP contribution >= 0.6 is 15.9 Å². The first-order valence-electron chi connectivity index (χ1n) is 9.78. The fourth-order valence-corrected chi connectivity index (χ4v) is 3.93. The molecule has 0 bridgehead atoms. The molecule has 2 aliphatic rings. The van der Waals surface area contributed by atoms with Crippen LogP contribution in [0.2, 0.25) is 0 Å². The van der Waals surface area contributed by atoms with Crippen molar-refractivity contribution in [2.45, 2.75) is 32.0 Å². The third kappa shape index (κ3) is 3.42. The number of benzene rings is 2. The molecule has 2 aromatic carbocycles. The predicted octanol–water partition coefficient (Wildman–Crippen LogP) is 3.55. The van der Waals surface area contributed by atoms with Gasteiger partial charge in [0.05, 0.1) is 5.69 Å². The lowest BCUT2D eigenvalue weighted by Crippen LogP contribution is -2.39. The van der Waals surface area contributed by atoms with Gasteiger partial charge in [-0.3, -0.25) is 14.6 Å². The highest BCUT2D eigenvalue weighted by Crippen LogP contribution is 2.33. The summed E-state index contributed by atoms with van der Waals surface area (Å²) in [7, 11) is 0. The summed E-state index contributed by atoms with van der Waals surface area (Å²) in [6.07, 6.45) is 0.877. The second-order valence-electron chi connectivity index (χ2n) is 7.24. The maximum atomic E-state index is 13.1. The molecule has 1 fully saturated rings. The number of carbonyl (C=O) groups excluding carboxylic acids is 2. The molecule has 10 heteroatoms. The Morgan fingerprint density at radius 1 is 1.03 bits per heavy atom. The smallest absolute Gasteiger partial charge is 0.263 e. The van der Waals surface area contributed by atoms with E-state index >= 15 is 0 Å². The Morgan fingerprint density at radius 3 is 2.48 bits per heavy atom. The second kappa shape index (κ2) is 7.69. The van der Waals surface area contributed by atoms with Crippen molar-refractivity contribution in [2.24, 2.45) is 10.3 Å². The van der Waals surface area contributed by atoms with E-state index in [1.807, 2.05) is 43.3 Å². The third-order valence-electron chi connectivity index (χ3n) is 5.33. The molecule has 0 spiro atoms. The van der Waals surface area contributed by atoms with Crippen molar-refractivity contribution in [1.29, 1.82) is 0 Å². The minimum atomic E-state index is -0.868. The van der Waals surface area contributed by atoms with Crippen LogP contribution in [-0.4, -0.2) is 39.0 Å². The third-order valence-corrected chi connectivity index (χ3v) is 5.86. The number of amides is 2. The van der Waals surface area contributed by atoms with Gasteiger partial charge < -0.3 is 4.52 Å². The zero-order valence-electron chi connectivity index (χ0n) is 16.5. The zero-order valence-corrected chi connectivity index (χ0v) is 18.1. The summed E-state index contributed by atoms with van der Waals surface area (Å²) in [6.45, 7) is 2.12. The molecule has 2 amide bonds. The Hall–Kier alpha value is -3.40. The molecule has 3 aromatic rings. The Morgan fingerprint density at radius 2 is 1.77 bits per heavy atom. The number of fused-ring (bicyclic) bond motifs is 1. The monoisotopic (exact) mass is 480 g/mol. The first-order valence-corrected chi connectivity index (χ1v) is 10.6. The van der Waals surface area contributed by atoms with Crippen LogP contribution in [0, 0.1) is 0 Å². The van der Waals surface area contributed by atoms with Gasteiger partial charge in [-0.25, -0.2) is 4.90 Å². The number of carbonyl (C=O) groups is 2. The van der Waals surface area contributed by atoms with Gasteiger partial charge in [-0.1, -0.05) is 45.4 Å². The highest BCUT2D eigenvalue weighted by atomic mass is 79.9. The Labute approximate surface area is 185 Å². The topological polar surface area (TPSA) is 104 Å². The molecule has 0 unspecified atom stereocenters. The van der Waals surface area contributed by atoms with Crippen LogP contribution in [-0.2, 0) is 22.6 Å². The molecular formula is C21H17BrN6O3. The molecule has 0 N–H and O–H groups in total. The summed E-state index contributed by atoms with van der Waals surface area (Å²) in [5.41, 5.74) is 2.46. The predicted molar refractivity (Wildman–Crippen MR) is 114 cm³/mol. The van der Waals surface area contributed by atoms with Crippen LogP contribution in [0.1, 0.15) is 18.4 Å². The number of imide groups is 1. The van der Waals surface area contributed by atoms with Crippen LogP contribution in [0.15, 0.2) is 67.9 Å². The SMILES string of the molecule is CCc1ccc(N2C(=O)[C@@H]3[C@@H](N=NN3Cc3nc(-c4ccc(Br)cc4)no3)C2=O)cc1. The summed E-state index contributed by atoms with van der Waals surface area (Å²) < 4.78 is 6.28. The number of halogens is 1. The zero-order chi connectivity index (χ0) is 21.5. The normalized spacial score (nSPS) is 20.1. The van der Waals surface area contributed by atoms with Crippen LogP contribution < -0.4 is 4.90 Å². The van der Waals surface area contributed by atoms with Crippen LogP contribution in [0.4, 0.5) is 5.69 Å². The van der Waals surface area contributed by atoms with Gasteiger partial charge in [0.1, 0.15) is 6.54 Å². The van der Waals surface area contributed by atoms with E-state index < -0.39 is 12.1 Å². The summed E-state index contributed by atoms with van der Waals surface area (Å²) >= 11 is 3.39. The maximum absolute atomic E-state index is 13.1. The molecule has 31 heavy (non-hydrogen) atoms. The summed E-state index contributed by atoms with van der Waals surface area (Å²) in [6, 6.07) is 13.2. The summed E-state index contributed by atoms with van der Waals surface area (Å²) in [5.74, 6) is -0.0337. The van der Waals surface area contributed by atoms with Crippen molar-refractivity contribution in [3.8, 4) is 11.4 Å². The first kappa shape index (κ1) is 19.6. The van der Waals surface area contributed by atoms with Crippen molar-refractivity contribution in [1.82, 2.24) is 15.1 Å². The van der Waals surface area contributed by atoms with Crippen LogP contribution in [0.25, 0.3) is 11.4 Å². The Kier molecular flexibility index (Phi) is 4.85. The minimum Gasteiger partial charge on any atom is -0.337 e. The van der Waals surface area contributed by atoms with Gasteiger partial charge in [0.2, 0.25) is 11.7 Å². The average molecular weight is 481 g/mol. The van der Waals surface area contributed by atoms with Crippen LogP contribution in [0.3, 0.4) is 0 Å². The van der Waals surface area contributed by atoms with E-state index in [-0.39, 0.29) is 24.2 Å². The number of aryl methyl sites for hydroxylation is 1. The Balaban J connectivity index is 1.34. The van der Waals surface area contributed by atoms with Gasteiger partial charge in [-0.2, -0.15) is 10.1 Å². The van der Waals surface area contributed by atoms with Crippen molar-refractivity contribution in [2.75, 3.05) is 4.90 Å². The molecular weight excluding hydrogens is 464 g/mol. The number of hydrogen-bond acceptors (Lipinski definition) is 8. The molecule has 0 aliphatic carbocycles. The number of hydrogen-bond donors (Lipinski definition) is 0. The lowest BCUT2D eigenvalue weighted by atomic mass is 10.1. The van der Waals surface area contributed by atoms with Gasteiger partial charge in [0, 0.05) is 10.0 Å². The van der Waals surface area contributed by atoms with Gasteiger partial charge in [0.25, 0.3) is 11.8 Å².